The topological polar surface area (TPSA) is 113 Å². The van der Waals surface area contributed by atoms with Gasteiger partial charge in [0.25, 0.3) is 11.2 Å². The number of ether oxygens (including phenoxy) is 1. The zero-order valence-corrected chi connectivity index (χ0v) is 23.4. The van der Waals surface area contributed by atoms with Gasteiger partial charge in [-0.1, -0.05) is 51.8 Å². The van der Waals surface area contributed by atoms with Gasteiger partial charge < -0.3 is 9.15 Å². The number of aromatic nitrogens is 2. The van der Waals surface area contributed by atoms with Gasteiger partial charge in [0.05, 0.1) is 22.0 Å². The minimum absolute atomic E-state index is 0.155. The number of benzene rings is 4. The van der Waals surface area contributed by atoms with Gasteiger partial charge in [-0.2, -0.15) is 9.78 Å². The summed E-state index contributed by atoms with van der Waals surface area (Å²) < 4.78 is 14.0. The van der Waals surface area contributed by atoms with E-state index in [-0.39, 0.29) is 18.1 Å². The molecule has 2 heterocycles. The smallest absolute Gasteiger partial charge is 0.282 e. The average Bonchev–Trinajstić information content (AvgIpc) is 3.39. The predicted molar refractivity (Wildman–Crippen MR) is 161 cm³/mol. The quantitative estimate of drug-likeness (QED) is 0.102. The van der Waals surface area contributed by atoms with Crippen molar-refractivity contribution in [1.82, 2.24) is 9.66 Å². The van der Waals surface area contributed by atoms with E-state index in [9.17, 15) is 14.9 Å². The van der Waals surface area contributed by atoms with E-state index in [1.165, 1.54) is 24.4 Å². The van der Waals surface area contributed by atoms with Crippen LogP contribution >= 0.6 is 27.5 Å². The molecule has 0 saturated heterocycles. The Morgan fingerprint density at radius 3 is 2.66 bits per heavy atom. The molecule has 0 saturated carbocycles. The molecular formula is C30H18BrClN4O5. The summed E-state index contributed by atoms with van der Waals surface area (Å²) in [6.45, 7) is 0.188. The van der Waals surface area contributed by atoms with Crippen molar-refractivity contribution in [3.8, 4) is 17.3 Å². The summed E-state index contributed by atoms with van der Waals surface area (Å²) in [6.07, 6.45) is 1.34. The number of nitro groups is 1. The second-order valence-electron chi connectivity index (χ2n) is 9.00. The first-order chi connectivity index (χ1) is 19.9. The number of hydrogen-bond donors (Lipinski definition) is 0. The Kier molecular flexibility index (Phi) is 7.08. The number of halogens is 2. The van der Waals surface area contributed by atoms with E-state index in [2.05, 4.69) is 26.0 Å². The van der Waals surface area contributed by atoms with Crippen molar-refractivity contribution >= 4 is 61.3 Å². The minimum atomic E-state index is -0.512. The lowest BCUT2D eigenvalue weighted by atomic mass is 10.2. The van der Waals surface area contributed by atoms with Crippen LogP contribution in [0.3, 0.4) is 0 Å². The predicted octanol–water partition coefficient (Wildman–Crippen LogP) is 7.60. The zero-order valence-electron chi connectivity index (χ0n) is 21.0. The molecule has 0 aliphatic carbocycles. The summed E-state index contributed by atoms with van der Waals surface area (Å²) in [5.74, 6) is 0.842. The van der Waals surface area contributed by atoms with Gasteiger partial charge in [-0.3, -0.25) is 14.9 Å². The van der Waals surface area contributed by atoms with Gasteiger partial charge in [-0.25, -0.2) is 4.98 Å². The second-order valence-corrected chi connectivity index (χ2v) is 10.4. The molecule has 41 heavy (non-hydrogen) atoms. The second kappa shape index (κ2) is 11.0. The van der Waals surface area contributed by atoms with E-state index in [1.54, 1.807) is 42.5 Å². The fourth-order valence-electron chi connectivity index (χ4n) is 4.26. The molecule has 11 heteroatoms. The van der Waals surface area contributed by atoms with Crippen LogP contribution in [0.4, 0.5) is 5.69 Å². The Morgan fingerprint density at radius 2 is 1.85 bits per heavy atom. The van der Waals surface area contributed by atoms with E-state index >= 15 is 0 Å². The lowest BCUT2D eigenvalue weighted by Gasteiger charge is -2.10. The van der Waals surface area contributed by atoms with Crippen molar-refractivity contribution in [3.05, 3.63) is 132 Å². The molecule has 6 aromatic rings. The van der Waals surface area contributed by atoms with Crippen LogP contribution in [0.1, 0.15) is 11.1 Å². The van der Waals surface area contributed by atoms with Crippen LogP contribution in [-0.4, -0.2) is 20.8 Å². The van der Waals surface area contributed by atoms with Crippen LogP contribution in [-0.2, 0) is 6.61 Å². The number of fused-ring (bicyclic) bond motifs is 2. The van der Waals surface area contributed by atoms with Gasteiger partial charge in [-0.15, -0.1) is 0 Å². The average molecular weight is 630 g/mol. The highest BCUT2D eigenvalue weighted by Crippen LogP contribution is 2.30. The van der Waals surface area contributed by atoms with Crippen LogP contribution in [0.15, 0.2) is 110 Å². The molecular weight excluding hydrogens is 612 g/mol. The Morgan fingerprint density at radius 1 is 1.05 bits per heavy atom. The van der Waals surface area contributed by atoms with Crippen molar-refractivity contribution in [3.63, 3.8) is 0 Å². The normalized spacial score (nSPS) is 11.5. The maximum atomic E-state index is 13.6. The summed E-state index contributed by atoms with van der Waals surface area (Å²) in [7, 11) is 0. The fraction of sp³-hybridized carbons (Fsp3) is 0.0333. The minimum Gasteiger partial charge on any atom is -0.488 e. The summed E-state index contributed by atoms with van der Waals surface area (Å²) in [5.41, 5.74) is 1.65. The third-order valence-electron chi connectivity index (χ3n) is 6.28. The summed E-state index contributed by atoms with van der Waals surface area (Å²) >= 11 is 9.43. The number of nitrogens with zero attached hydrogens (tertiary/aromatic N) is 4. The fourth-order valence-corrected chi connectivity index (χ4v) is 4.76. The summed E-state index contributed by atoms with van der Waals surface area (Å²) in [6, 6.07) is 25.5. The molecule has 0 amide bonds. The number of hydrogen-bond acceptors (Lipinski definition) is 7. The van der Waals surface area contributed by atoms with Crippen LogP contribution < -0.4 is 10.3 Å². The van der Waals surface area contributed by atoms with E-state index in [0.29, 0.717) is 38.6 Å². The van der Waals surface area contributed by atoms with E-state index < -0.39 is 10.5 Å². The van der Waals surface area contributed by atoms with Crippen LogP contribution in [0.5, 0.6) is 5.75 Å². The third kappa shape index (κ3) is 5.47. The van der Waals surface area contributed by atoms with Gasteiger partial charge in [0, 0.05) is 32.6 Å². The van der Waals surface area contributed by atoms with Crippen LogP contribution in [0, 0.1) is 10.1 Å². The third-order valence-corrected chi connectivity index (χ3v) is 7.02. The van der Waals surface area contributed by atoms with Gasteiger partial charge in [-0.05, 0) is 60.2 Å². The first-order valence-corrected chi connectivity index (χ1v) is 13.4. The number of para-hydroxylation sites is 1. The molecule has 0 N–H and O–H groups in total. The monoisotopic (exact) mass is 628 g/mol. The first-order valence-electron chi connectivity index (χ1n) is 12.3. The molecule has 9 nitrogen and oxygen atoms in total. The molecule has 202 valence electrons. The van der Waals surface area contributed by atoms with Crippen LogP contribution in [0.25, 0.3) is 33.5 Å². The Labute approximate surface area is 245 Å². The molecule has 0 atom stereocenters. The molecule has 0 bridgehead atoms. The molecule has 0 aliphatic heterocycles. The molecule has 6 rings (SSSR count). The molecule has 2 aromatic heterocycles. The Balaban J connectivity index is 1.46. The van der Waals surface area contributed by atoms with E-state index in [1.807, 2.05) is 30.3 Å². The highest BCUT2D eigenvalue weighted by Gasteiger charge is 2.17. The number of non-ortho nitro benzene ring substituents is 1. The largest absolute Gasteiger partial charge is 0.488 e. The SMILES string of the molecule is O=c1c2ccccc2nc(-c2cc3cc(Br)ccc3o2)n1N=Cc1cc([N+](=O)[O-])ccc1OCc1ccc(Cl)cc1. The van der Waals surface area contributed by atoms with Gasteiger partial charge in [0.15, 0.2) is 5.76 Å². The number of nitro benzene ring substituents is 1. The number of rotatable bonds is 7. The van der Waals surface area contributed by atoms with Gasteiger partial charge in [0.2, 0.25) is 5.82 Å². The lowest BCUT2D eigenvalue weighted by Crippen LogP contribution is -2.20. The molecule has 0 fully saturated rings. The molecule has 0 spiro atoms. The number of furan rings is 1. The molecule has 0 aliphatic rings. The molecule has 0 unspecified atom stereocenters. The summed E-state index contributed by atoms with van der Waals surface area (Å²) in [5, 5.41) is 17.7. The standard InChI is InChI=1S/C30H18BrClN4O5/c31-21-7-11-27-19(13-21)15-28(41-27)29-34-25-4-2-1-3-24(25)30(37)35(29)33-16-20-14-23(36(38)39)10-12-26(20)40-17-18-5-8-22(32)9-6-18/h1-16H,17H2. The van der Waals surface area contributed by atoms with Gasteiger partial charge in [0.1, 0.15) is 17.9 Å². The maximum absolute atomic E-state index is 13.6. The highest BCUT2D eigenvalue weighted by molar-refractivity contribution is 9.10. The van der Waals surface area contributed by atoms with Crippen molar-refractivity contribution in [2.75, 3.05) is 0 Å². The molecule has 4 aromatic carbocycles. The lowest BCUT2D eigenvalue weighted by molar-refractivity contribution is -0.384. The zero-order chi connectivity index (χ0) is 28.5. The maximum Gasteiger partial charge on any atom is 0.282 e. The highest BCUT2D eigenvalue weighted by atomic mass is 79.9. The van der Waals surface area contributed by atoms with E-state index in [4.69, 9.17) is 20.8 Å². The van der Waals surface area contributed by atoms with Crippen molar-refractivity contribution in [1.29, 1.82) is 0 Å². The van der Waals surface area contributed by atoms with Crippen molar-refractivity contribution < 1.29 is 14.1 Å². The Bertz CT molecular complexity index is 2040. The van der Waals surface area contributed by atoms with E-state index in [0.717, 1.165) is 20.1 Å². The van der Waals surface area contributed by atoms with Gasteiger partial charge >= 0.3 is 0 Å². The molecule has 0 radical (unpaired) electrons. The van der Waals surface area contributed by atoms with Crippen molar-refractivity contribution in [2.45, 2.75) is 6.61 Å². The summed E-state index contributed by atoms with van der Waals surface area (Å²) in [4.78, 5) is 29.3. The van der Waals surface area contributed by atoms with Crippen molar-refractivity contribution in [2.24, 2.45) is 5.10 Å². The Hall–Kier alpha value is -4.80. The van der Waals surface area contributed by atoms with Crippen LogP contribution in [0.2, 0.25) is 5.02 Å². The first kappa shape index (κ1) is 26.4.